The first-order valence-corrected chi connectivity index (χ1v) is 13.4. The van der Waals surface area contributed by atoms with Gasteiger partial charge in [-0.1, -0.05) is 18.0 Å². The molecule has 36 heavy (non-hydrogen) atoms. The normalized spacial score (nSPS) is 18.9. The molecule has 2 N–H and O–H groups in total. The summed E-state index contributed by atoms with van der Waals surface area (Å²) in [6.45, 7) is 9.31. The molecule has 2 aromatic heterocycles. The van der Waals surface area contributed by atoms with Gasteiger partial charge in [-0.3, -0.25) is 20.0 Å². The van der Waals surface area contributed by atoms with Gasteiger partial charge in [-0.25, -0.2) is 4.98 Å². The molecule has 0 saturated carbocycles. The number of carbonyl (C=O) groups is 1. The Balaban J connectivity index is 1.48. The molecule has 1 unspecified atom stereocenters. The van der Waals surface area contributed by atoms with Gasteiger partial charge in [0.1, 0.15) is 17.4 Å². The number of aromatic nitrogens is 3. The number of likely N-dealkylation sites (tertiary alicyclic amines) is 1. The second-order valence-electron chi connectivity index (χ2n) is 9.89. The standard InChI is InChI=1S/C27H35ClN6O2/c1-18-15-20(16-19(2)30-18)26(35)32-27-31-22-8-9-23(36-14-13-33-11-5-6-12-33)24(28)25(22)34(27)21-7-3-4-10-29-17-21/h8-9,15-16,21,29H,3-7,10-14,17H2,1-2H3,(H,31,32,35). The second-order valence-corrected chi connectivity index (χ2v) is 10.3. The van der Waals surface area contributed by atoms with Crippen molar-refractivity contribution in [2.24, 2.45) is 0 Å². The third-order valence-electron chi connectivity index (χ3n) is 7.07. The van der Waals surface area contributed by atoms with Gasteiger partial charge in [-0.15, -0.1) is 0 Å². The lowest BCUT2D eigenvalue weighted by molar-refractivity contribution is 0.102. The Hall–Kier alpha value is -2.68. The van der Waals surface area contributed by atoms with Crippen LogP contribution in [0.5, 0.6) is 5.75 Å². The molecule has 2 aliphatic rings. The lowest BCUT2D eigenvalue weighted by Crippen LogP contribution is -2.26. The maximum Gasteiger partial charge on any atom is 0.258 e. The summed E-state index contributed by atoms with van der Waals surface area (Å²) in [7, 11) is 0. The number of fused-ring (bicyclic) bond motifs is 1. The summed E-state index contributed by atoms with van der Waals surface area (Å²) in [6, 6.07) is 7.53. The number of amides is 1. The second kappa shape index (κ2) is 11.2. The lowest BCUT2D eigenvalue weighted by Gasteiger charge is -2.21. The SMILES string of the molecule is Cc1cc(C(=O)Nc2nc3ccc(OCCN4CCCC4)c(Cl)c3n2C2CCCCNC2)cc(C)n1. The van der Waals surface area contributed by atoms with Crippen LogP contribution in [0, 0.1) is 13.8 Å². The van der Waals surface area contributed by atoms with Gasteiger partial charge in [-0.05, 0) is 83.4 Å². The molecule has 2 fully saturated rings. The number of aryl methyl sites for hydroxylation is 2. The quantitative estimate of drug-likeness (QED) is 0.477. The fourth-order valence-corrected chi connectivity index (χ4v) is 5.64. The average molecular weight is 511 g/mol. The van der Waals surface area contributed by atoms with Crippen LogP contribution in [0.1, 0.15) is 59.9 Å². The molecule has 2 saturated heterocycles. The molecule has 1 aromatic carbocycles. The molecule has 2 aliphatic heterocycles. The number of carbonyl (C=O) groups excluding carboxylic acids is 1. The van der Waals surface area contributed by atoms with Crippen LogP contribution in [-0.2, 0) is 0 Å². The molecule has 1 atom stereocenters. The molecule has 192 valence electrons. The van der Waals surface area contributed by atoms with Crippen molar-refractivity contribution in [1.29, 1.82) is 0 Å². The summed E-state index contributed by atoms with van der Waals surface area (Å²) < 4.78 is 8.23. The zero-order chi connectivity index (χ0) is 25.1. The predicted molar refractivity (Wildman–Crippen MR) is 143 cm³/mol. The van der Waals surface area contributed by atoms with E-state index in [-0.39, 0.29) is 11.9 Å². The first-order valence-electron chi connectivity index (χ1n) is 13.0. The van der Waals surface area contributed by atoms with Crippen LogP contribution in [-0.4, -0.2) is 64.7 Å². The van der Waals surface area contributed by atoms with Crippen molar-refractivity contribution in [3.8, 4) is 5.75 Å². The van der Waals surface area contributed by atoms with E-state index in [1.165, 1.54) is 12.8 Å². The molecule has 0 spiro atoms. The predicted octanol–water partition coefficient (Wildman–Crippen LogP) is 4.74. The van der Waals surface area contributed by atoms with E-state index in [0.29, 0.717) is 28.9 Å². The molecule has 4 heterocycles. The topological polar surface area (TPSA) is 84.3 Å². The molecule has 0 bridgehead atoms. The maximum atomic E-state index is 13.2. The highest BCUT2D eigenvalue weighted by Gasteiger charge is 2.25. The molecule has 9 heteroatoms. The summed E-state index contributed by atoms with van der Waals surface area (Å²) in [4.78, 5) is 24.9. The Morgan fingerprint density at radius 1 is 1.14 bits per heavy atom. The van der Waals surface area contributed by atoms with Crippen molar-refractivity contribution in [3.63, 3.8) is 0 Å². The Bertz CT molecular complexity index is 1210. The number of benzene rings is 1. The number of pyridine rings is 1. The maximum absolute atomic E-state index is 13.2. The van der Waals surface area contributed by atoms with Gasteiger partial charge in [0.25, 0.3) is 5.91 Å². The number of ether oxygens (including phenoxy) is 1. The van der Waals surface area contributed by atoms with Crippen LogP contribution < -0.4 is 15.4 Å². The Labute approximate surface area is 217 Å². The molecular formula is C27H35ClN6O2. The van der Waals surface area contributed by atoms with Crippen molar-refractivity contribution in [1.82, 2.24) is 24.8 Å². The highest BCUT2D eigenvalue weighted by Crippen LogP contribution is 2.38. The number of imidazole rings is 1. The minimum atomic E-state index is -0.208. The van der Waals surface area contributed by atoms with Crippen molar-refractivity contribution in [2.75, 3.05) is 44.6 Å². The zero-order valence-corrected chi connectivity index (χ0v) is 21.9. The fourth-order valence-electron chi connectivity index (χ4n) is 5.34. The van der Waals surface area contributed by atoms with Gasteiger partial charge in [0.05, 0.1) is 11.0 Å². The smallest absolute Gasteiger partial charge is 0.258 e. The number of nitrogens with one attached hydrogen (secondary N) is 2. The van der Waals surface area contributed by atoms with E-state index in [1.807, 2.05) is 26.0 Å². The van der Waals surface area contributed by atoms with Gasteiger partial charge >= 0.3 is 0 Å². The highest BCUT2D eigenvalue weighted by atomic mass is 35.5. The molecule has 5 rings (SSSR count). The number of anilines is 1. The van der Waals surface area contributed by atoms with Gasteiger partial charge in [0, 0.05) is 36.1 Å². The first-order chi connectivity index (χ1) is 17.5. The summed E-state index contributed by atoms with van der Waals surface area (Å²) in [5.74, 6) is 0.955. The van der Waals surface area contributed by atoms with Gasteiger partial charge in [-0.2, -0.15) is 0 Å². The van der Waals surface area contributed by atoms with Gasteiger partial charge in [0.2, 0.25) is 5.95 Å². The van der Waals surface area contributed by atoms with E-state index in [9.17, 15) is 4.79 Å². The van der Waals surface area contributed by atoms with Gasteiger partial charge < -0.3 is 14.6 Å². The largest absolute Gasteiger partial charge is 0.491 e. The zero-order valence-electron chi connectivity index (χ0n) is 21.1. The number of hydrogen-bond donors (Lipinski definition) is 2. The van der Waals surface area contributed by atoms with E-state index in [0.717, 1.165) is 74.4 Å². The summed E-state index contributed by atoms with van der Waals surface area (Å²) in [6.07, 6.45) is 5.71. The van der Waals surface area contributed by atoms with Crippen molar-refractivity contribution in [3.05, 3.63) is 46.2 Å². The molecule has 0 aliphatic carbocycles. The van der Waals surface area contributed by atoms with Gasteiger partial charge in [0.15, 0.2) is 0 Å². The molecule has 1 amide bonds. The lowest BCUT2D eigenvalue weighted by atomic mass is 10.1. The van der Waals surface area contributed by atoms with Crippen LogP contribution in [0.25, 0.3) is 11.0 Å². The highest BCUT2D eigenvalue weighted by molar-refractivity contribution is 6.36. The van der Waals surface area contributed by atoms with E-state index in [2.05, 4.69) is 25.1 Å². The fraction of sp³-hybridized carbons (Fsp3) is 0.519. The monoisotopic (exact) mass is 510 g/mol. The summed E-state index contributed by atoms with van der Waals surface area (Å²) >= 11 is 6.97. The van der Waals surface area contributed by atoms with E-state index < -0.39 is 0 Å². The number of hydrogen-bond acceptors (Lipinski definition) is 6. The minimum Gasteiger partial charge on any atom is -0.491 e. The van der Waals surface area contributed by atoms with Crippen LogP contribution in [0.4, 0.5) is 5.95 Å². The Kier molecular flexibility index (Phi) is 7.74. The third-order valence-corrected chi connectivity index (χ3v) is 7.44. The first kappa shape index (κ1) is 25.0. The van der Waals surface area contributed by atoms with Crippen molar-refractivity contribution in [2.45, 2.75) is 52.0 Å². The van der Waals surface area contributed by atoms with Crippen LogP contribution in [0.3, 0.4) is 0 Å². The average Bonchev–Trinajstić information content (AvgIpc) is 3.40. The Morgan fingerprint density at radius 2 is 1.92 bits per heavy atom. The van der Waals surface area contributed by atoms with Crippen molar-refractivity contribution >= 4 is 34.5 Å². The minimum absolute atomic E-state index is 0.117. The molecule has 8 nitrogen and oxygen atoms in total. The third kappa shape index (κ3) is 5.51. The number of halogens is 1. The summed E-state index contributed by atoms with van der Waals surface area (Å²) in [5, 5.41) is 7.14. The number of nitrogens with zero attached hydrogens (tertiary/aromatic N) is 4. The molecular weight excluding hydrogens is 476 g/mol. The Morgan fingerprint density at radius 3 is 2.69 bits per heavy atom. The van der Waals surface area contributed by atoms with Crippen LogP contribution in [0.15, 0.2) is 24.3 Å². The molecule has 0 radical (unpaired) electrons. The van der Waals surface area contributed by atoms with Crippen LogP contribution in [0.2, 0.25) is 5.02 Å². The van der Waals surface area contributed by atoms with E-state index in [4.69, 9.17) is 21.3 Å². The van der Waals surface area contributed by atoms with Crippen molar-refractivity contribution < 1.29 is 9.53 Å². The van der Waals surface area contributed by atoms with E-state index in [1.54, 1.807) is 12.1 Å². The van der Waals surface area contributed by atoms with E-state index >= 15 is 0 Å². The van der Waals surface area contributed by atoms with Crippen LogP contribution >= 0.6 is 11.6 Å². The molecule has 3 aromatic rings. The summed E-state index contributed by atoms with van der Waals surface area (Å²) in [5.41, 5.74) is 3.73. The number of rotatable bonds is 7.